The molecule has 1 aliphatic rings. The summed E-state index contributed by atoms with van der Waals surface area (Å²) in [7, 11) is 0. The van der Waals surface area contributed by atoms with Gasteiger partial charge in [-0.25, -0.2) is 4.79 Å². The lowest BCUT2D eigenvalue weighted by Crippen LogP contribution is -2.46. The zero-order valence-corrected chi connectivity index (χ0v) is 10.3. The first-order valence-electron chi connectivity index (χ1n) is 5.89. The number of rotatable bonds is 1. The lowest BCUT2D eigenvalue weighted by atomic mass is 10.2. The quantitative estimate of drug-likeness (QED) is 0.809. The van der Waals surface area contributed by atoms with E-state index in [-0.39, 0.29) is 12.1 Å². The smallest absolute Gasteiger partial charge is 0.322 e. The van der Waals surface area contributed by atoms with Crippen LogP contribution < -0.4 is 5.32 Å². The number of ether oxygens (including phenoxy) is 1. The maximum Gasteiger partial charge on any atom is 0.322 e. The molecule has 1 heterocycles. The Morgan fingerprint density at radius 3 is 3.06 bits per heavy atom. The molecule has 1 saturated heterocycles. The van der Waals surface area contributed by atoms with Crippen molar-refractivity contribution in [2.24, 2.45) is 0 Å². The molecule has 1 N–H and O–H groups in total. The number of urea groups is 1. The minimum absolute atomic E-state index is 0.0502. The van der Waals surface area contributed by atoms with Gasteiger partial charge in [0, 0.05) is 18.8 Å². The standard InChI is InChI=1S/C13H18N2O2/c1-10-4-3-5-12(8-10)14-13(16)15-6-7-17-11(2)9-15/h3-5,8,11H,6-7,9H2,1-2H3,(H,14,16)/t11-/m1/s1. The number of nitrogens with zero attached hydrogens (tertiary/aromatic N) is 1. The van der Waals surface area contributed by atoms with Crippen LogP contribution in [0.5, 0.6) is 0 Å². The van der Waals surface area contributed by atoms with Gasteiger partial charge in [0.05, 0.1) is 12.7 Å². The van der Waals surface area contributed by atoms with Gasteiger partial charge in [-0.1, -0.05) is 12.1 Å². The van der Waals surface area contributed by atoms with E-state index in [1.807, 2.05) is 38.1 Å². The normalized spacial score (nSPS) is 20.1. The van der Waals surface area contributed by atoms with Crippen LogP contribution in [-0.2, 0) is 4.74 Å². The Hall–Kier alpha value is -1.55. The van der Waals surface area contributed by atoms with Crippen molar-refractivity contribution in [3.63, 3.8) is 0 Å². The summed E-state index contributed by atoms with van der Waals surface area (Å²) in [6.07, 6.45) is 0.118. The monoisotopic (exact) mass is 234 g/mol. The highest BCUT2D eigenvalue weighted by Gasteiger charge is 2.21. The predicted octanol–water partition coefficient (Wildman–Crippen LogP) is 2.25. The molecule has 4 heteroatoms. The van der Waals surface area contributed by atoms with E-state index in [4.69, 9.17) is 4.74 Å². The number of hydrogen-bond acceptors (Lipinski definition) is 2. The van der Waals surface area contributed by atoms with Crippen molar-refractivity contribution in [1.82, 2.24) is 4.90 Å². The Bertz CT molecular complexity index is 406. The Balaban J connectivity index is 1.96. The largest absolute Gasteiger partial charge is 0.375 e. The molecule has 1 aliphatic heterocycles. The van der Waals surface area contributed by atoms with Gasteiger partial charge in [0.1, 0.15) is 0 Å². The fourth-order valence-corrected chi connectivity index (χ4v) is 1.93. The number of hydrogen-bond donors (Lipinski definition) is 1. The zero-order chi connectivity index (χ0) is 12.3. The van der Waals surface area contributed by atoms with Crippen molar-refractivity contribution in [1.29, 1.82) is 0 Å². The Morgan fingerprint density at radius 1 is 1.53 bits per heavy atom. The first-order chi connectivity index (χ1) is 8.15. The van der Waals surface area contributed by atoms with Gasteiger partial charge in [-0.3, -0.25) is 0 Å². The molecular formula is C13H18N2O2. The van der Waals surface area contributed by atoms with Gasteiger partial charge in [-0.05, 0) is 31.5 Å². The lowest BCUT2D eigenvalue weighted by Gasteiger charge is -2.31. The molecule has 0 radical (unpaired) electrons. The number of anilines is 1. The van der Waals surface area contributed by atoms with E-state index in [1.54, 1.807) is 4.90 Å². The van der Waals surface area contributed by atoms with E-state index in [0.29, 0.717) is 19.7 Å². The van der Waals surface area contributed by atoms with Crippen LogP contribution in [0.3, 0.4) is 0 Å². The van der Waals surface area contributed by atoms with Gasteiger partial charge in [0.15, 0.2) is 0 Å². The van der Waals surface area contributed by atoms with Crippen LogP contribution in [0.2, 0.25) is 0 Å². The average molecular weight is 234 g/mol. The second-order valence-corrected chi connectivity index (χ2v) is 4.43. The van der Waals surface area contributed by atoms with E-state index in [2.05, 4.69) is 5.32 Å². The zero-order valence-electron chi connectivity index (χ0n) is 10.3. The van der Waals surface area contributed by atoms with E-state index in [9.17, 15) is 4.79 Å². The maximum absolute atomic E-state index is 12.0. The summed E-state index contributed by atoms with van der Waals surface area (Å²) in [6.45, 7) is 5.90. The summed E-state index contributed by atoms with van der Waals surface area (Å²) in [4.78, 5) is 13.8. The average Bonchev–Trinajstić information content (AvgIpc) is 2.29. The first kappa shape index (κ1) is 11.9. The summed E-state index contributed by atoms with van der Waals surface area (Å²) in [5, 5.41) is 2.90. The summed E-state index contributed by atoms with van der Waals surface area (Å²) in [6, 6.07) is 7.75. The molecule has 2 amide bonds. The molecule has 0 aromatic heterocycles. The number of carbonyl (C=O) groups is 1. The molecule has 1 aromatic rings. The predicted molar refractivity (Wildman–Crippen MR) is 67.2 cm³/mol. The van der Waals surface area contributed by atoms with Crippen molar-refractivity contribution in [3.8, 4) is 0 Å². The van der Waals surface area contributed by atoms with Gasteiger partial charge < -0.3 is 15.0 Å². The topological polar surface area (TPSA) is 41.6 Å². The minimum Gasteiger partial charge on any atom is -0.375 e. The molecule has 0 aliphatic carbocycles. The first-order valence-corrected chi connectivity index (χ1v) is 5.89. The molecular weight excluding hydrogens is 216 g/mol. The van der Waals surface area contributed by atoms with Gasteiger partial charge in [0.2, 0.25) is 0 Å². The molecule has 17 heavy (non-hydrogen) atoms. The molecule has 2 rings (SSSR count). The van der Waals surface area contributed by atoms with E-state index < -0.39 is 0 Å². The Labute approximate surface area is 102 Å². The van der Waals surface area contributed by atoms with Crippen LogP contribution in [0.4, 0.5) is 10.5 Å². The van der Waals surface area contributed by atoms with Gasteiger partial charge >= 0.3 is 6.03 Å². The fraction of sp³-hybridized carbons (Fsp3) is 0.462. The third kappa shape index (κ3) is 3.20. The number of morpholine rings is 1. The van der Waals surface area contributed by atoms with E-state index >= 15 is 0 Å². The number of nitrogens with one attached hydrogen (secondary N) is 1. The van der Waals surface area contributed by atoms with Gasteiger partial charge in [-0.2, -0.15) is 0 Å². The molecule has 92 valence electrons. The third-order valence-corrected chi connectivity index (χ3v) is 2.80. The van der Waals surface area contributed by atoms with Crippen molar-refractivity contribution >= 4 is 11.7 Å². The molecule has 4 nitrogen and oxygen atoms in total. The summed E-state index contributed by atoms with van der Waals surface area (Å²) in [5.74, 6) is 0. The lowest BCUT2D eigenvalue weighted by molar-refractivity contribution is -0.00138. The summed E-state index contributed by atoms with van der Waals surface area (Å²) in [5.41, 5.74) is 1.98. The third-order valence-electron chi connectivity index (χ3n) is 2.80. The van der Waals surface area contributed by atoms with Crippen molar-refractivity contribution in [2.45, 2.75) is 20.0 Å². The Kier molecular flexibility index (Phi) is 3.64. The van der Waals surface area contributed by atoms with Crippen molar-refractivity contribution in [2.75, 3.05) is 25.0 Å². The van der Waals surface area contributed by atoms with Crippen LogP contribution >= 0.6 is 0 Å². The maximum atomic E-state index is 12.0. The second kappa shape index (κ2) is 5.19. The molecule has 0 unspecified atom stereocenters. The second-order valence-electron chi connectivity index (χ2n) is 4.43. The number of benzene rings is 1. The van der Waals surface area contributed by atoms with E-state index in [1.165, 1.54) is 0 Å². The summed E-state index contributed by atoms with van der Waals surface area (Å²) < 4.78 is 5.41. The van der Waals surface area contributed by atoms with E-state index in [0.717, 1.165) is 11.3 Å². The highest BCUT2D eigenvalue weighted by Crippen LogP contribution is 2.12. The molecule has 0 saturated carbocycles. The van der Waals surface area contributed by atoms with Gasteiger partial charge in [-0.15, -0.1) is 0 Å². The van der Waals surface area contributed by atoms with Crippen LogP contribution in [0.1, 0.15) is 12.5 Å². The van der Waals surface area contributed by atoms with Crippen LogP contribution in [0.15, 0.2) is 24.3 Å². The van der Waals surface area contributed by atoms with Crippen LogP contribution in [-0.4, -0.2) is 36.7 Å². The summed E-state index contributed by atoms with van der Waals surface area (Å²) >= 11 is 0. The highest BCUT2D eigenvalue weighted by molar-refractivity contribution is 5.89. The van der Waals surface area contributed by atoms with Crippen LogP contribution in [0, 0.1) is 6.92 Å². The molecule has 0 bridgehead atoms. The number of amides is 2. The fourth-order valence-electron chi connectivity index (χ4n) is 1.93. The van der Waals surface area contributed by atoms with Crippen molar-refractivity contribution < 1.29 is 9.53 Å². The van der Waals surface area contributed by atoms with Crippen LogP contribution in [0.25, 0.3) is 0 Å². The molecule has 1 aromatic carbocycles. The number of aryl methyl sites for hydroxylation is 1. The molecule has 0 spiro atoms. The minimum atomic E-state index is -0.0502. The molecule has 1 atom stereocenters. The van der Waals surface area contributed by atoms with Crippen molar-refractivity contribution in [3.05, 3.63) is 29.8 Å². The van der Waals surface area contributed by atoms with Gasteiger partial charge in [0.25, 0.3) is 0 Å². The highest BCUT2D eigenvalue weighted by atomic mass is 16.5. The SMILES string of the molecule is Cc1cccc(NC(=O)N2CCO[C@H](C)C2)c1. The number of carbonyl (C=O) groups excluding carboxylic acids is 1. The Morgan fingerprint density at radius 2 is 2.35 bits per heavy atom. The molecule has 1 fully saturated rings.